The van der Waals surface area contributed by atoms with Gasteiger partial charge in [0, 0.05) is 6.07 Å². The summed E-state index contributed by atoms with van der Waals surface area (Å²) in [4.78, 5) is 0. The SMILES string of the molecule is CC(O)c1c(F)c(O)cc2c1OCCO2. The van der Waals surface area contributed by atoms with E-state index in [0.717, 1.165) is 6.07 Å². The van der Waals surface area contributed by atoms with Crippen LogP contribution >= 0.6 is 0 Å². The summed E-state index contributed by atoms with van der Waals surface area (Å²) in [5.41, 5.74) is -0.0651. The van der Waals surface area contributed by atoms with Gasteiger partial charge in [-0.3, -0.25) is 0 Å². The van der Waals surface area contributed by atoms with Gasteiger partial charge < -0.3 is 19.7 Å². The maximum Gasteiger partial charge on any atom is 0.174 e. The number of aliphatic hydroxyl groups excluding tert-OH is 1. The predicted octanol–water partition coefficient (Wildman–Crippen LogP) is 1.36. The molecule has 0 fully saturated rings. The number of aromatic hydroxyl groups is 1. The Bertz CT molecular complexity index is 389. The number of rotatable bonds is 1. The zero-order valence-corrected chi connectivity index (χ0v) is 8.16. The highest BCUT2D eigenvalue weighted by Gasteiger charge is 2.25. The molecule has 5 heteroatoms. The number of ether oxygens (including phenoxy) is 2. The summed E-state index contributed by atoms with van der Waals surface area (Å²) in [6.07, 6.45) is -1.06. The van der Waals surface area contributed by atoms with Crippen LogP contribution in [0.1, 0.15) is 18.6 Å². The monoisotopic (exact) mass is 214 g/mol. The molecular formula is C10H11FO4. The van der Waals surface area contributed by atoms with E-state index < -0.39 is 17.7 Å². The fourth-order valence-electron chi connectivity index (χ4n) is 1.55. The van der Waals surface area contributed by atoms with Crippen molar-refractivity contribution in [2.75, 3.05) is 13.2 Å². The van der Waals surface area contributed by atoms with E-state index in [-0.39, 0.29) is 17.1 Å². The van der Waals surface area contributed by atoms with Gasteiger partial charge in [-0.1, -0.05) is 0 Å². The van der Waals surface area contributed by atoms with Crippen LogP contribution < -0.4 is 9.47 Å². The van der Waals surface area contributed by atoms with Crippen molar-refractivity contribution in [1.29, 1.82) is 0 Å². The minimum absolute atomic E-state index is 0.0651. The summed E-state index contributed by atoms with van der Waals surface area (Å²) in [6, 6.07) is 1.15. The van der Waals surface area contributed by atoms with Gasteiger partial charge in [0.25, 0.3) is 0 Å². The smallest absolute Gasteiger partial charge is 0.174 e. The van der Waals surface area contributed by atoms with Gasteiger partial charge >= 0.3 is 0 Å². The lowest BCUT2D eigenvalue weighted by Gasteiger charge is -2.22. The van der Waals surface area contributed by atoms with Crippen LogP contribution in [0.2, 0.25) is 0 Å². The van der Waals surface area contributed by atoms with Crippen LogP contribution in [-0.4, -0.2) is 23.4 Å². The normalized spacial score (nSPS) is 16.2. The minimum Gasteiger partial charge on any atom is -0.505 e. The molecule has 1 atom stereocenters. The van der Waals surface area contributed by atoms with Crippen molar-refractivity contribution < 1.29 is 24.1 Å². The molecule has 2 rings (SSSR count). The molecule has 0 aromatic heterocycles. The van der Waals surface area contributed by atoms with Gasteiger partial charge in [0.05, 0.1) is 11.7 Å². The highest BCUT2D eigenvalue weighted by molar-refractivity contribution is 5.53. The molecule has 1 aliphatic rings. The van der Waals surface area contributed by atoms with Crippen molar-refractivity contribution in [1.82, 2.24) is 0 Å². The number of phenols is 1. The Morgan fingerprint density at radius 3 is 2.73 bits per heavy atom. The number of hydrogen-bond acceptors (Lipinski definition) is 4. The van der Waals surface area contributed by atoms with E-state index in [4.69, 9.17) is 9.47 Å². The van der Waals surface area contributed by atoms with E-state index in [1.54, 1.807) is 0 Å². The van der Waals surface area contributed by atoms with E-state index in [9.17, 15) is 14.6 Å². The molecule has 0 amide bonds. The van der Waals surface area contributed by atoms with E-state index >= 15 is 0 Å². The van der Waals surface area contributed by atoms with Gasteiger partial charge in [-0.15, -0.1) is 0 Å². The van der Waals surface area contributed by atoms with Crippen LogP contribution in [0.3, 0.4) is 0 Å². The van der Waals surface area contributed by atoms with Crippen LogP contribution in [0.25, 0.3) is 0 Å². The summed E-state index contributed by atoms with van der Waals surface area (Å²) in [5, 5.41) is 18.7. The third-order valence-corrected chi connectivity index (χ3v) is 2.20. The van der Waals surface area contributed by atoms with Crippen LogP contribution in [0.15, 0.2) is 6.07 Å². The number of aliphatic hydroxyl groups is 1. The Labute approximate surface area is 85.9 Å². The van der Waals surface area contributed by atoms with Gasteiger partial charge in [0.2, 0.25) is 0 Å². The fraction of sp³-hybridized carbons (Fsp3) is 0.400. The zero-order chi connectivity index (χ0) is 11.0. The number of halogens is 1. The second-order valence-corrected chi connectivity index (χ2v) is 3.32. The van der Waals surface area contributed by atoms with Crippen LogP contribution in [0.4, 0.5) is 4.39 Å². The lowest BCUT2D eigenvalue weighted by Crippen LogP contribution is -2.18. The lowest BCUT2D eigenvalue weighted by atomic mass is 10.1. The number of phenolic OH excluding ortho intramolecular Hbond substituents is 1. The van der Waals surface area contributed by atoms with Gasteiger partial charge in [0.1, 0.15) is 13.2 Å². The van der Waals surface area contributed by atoms with Crippen LogP contribution in [0.5, 0.6) is 17.2 Å². The zero-order valence-electron chi connectivity index (χ0n) is 8.16. The average molecular weight is 214 g/mol. The molecule has 82 valence electrons. The van der Waals surface area contributed by atoms with Crippen molar-refractivity contribution in [3.8, 4) is 17.2 Å². The van der Waals surface area contributed by atoms with Crippen LogP contribution in [-0.2, 0) is 0 Å². The molecule has 1 unspecified atom stereocenters. The summed E-state index contributed by atoms with van der Waals surface area (Å²) in [5.74, 6) is -0.980. The topological polar surface area (TPSA) is 58.9 Å². The molecule has 2 N–H and O–H groups in total. The summed E-state index contributed by atoms with van der Waals surface area (Å²) >= 11 is 0. The minimum atomic E-state index is -1.06. The van der Waals surface area contributed by atoms with E-state index in [1.807, 2.05) is 0 Å². The van der Waals surface area contributed by atoms with Gasteiger partial charge in [-0.05, 0) is 6.92 Å². The maximum atomic E-state index is 13.5. The molecule has 1 aliphatic heterocycles. The fourth-order valence-corrected chi connectivity index (χ4v) is 1.55. The standard InChI is InChI=1S/C10H11FO4/c1-5(12)8-9(11)6(13)4-7-10(8)15-3-2-14-7/h4-5,12-13H,2-3H2,1H3. The highest BCUT2D eigenvalue weighted by Crippen LogP contribution is 2.42. The molecule has 0 bridgehead atoms. The average Bonchev–Trinajstić information content (AvgIpc) is 2.19. The summed E-state index contributed by atoms with van der Waals surface area (Å²) in [7, 11) is 0. The van der Waals surface area contributed by atoms with Crippen LogP contribution in [0, 0.1) is 5.82 Å². The Balaban J connectivity index is 2.63. The first kappa shape index (κ1) is 10.0. The Hall–Kier alpha value is -1.49. The molecule has 4 nitrogen and oxygen atoms in total. The van der Waals surface area contributed by atoms with Crippen molar-refractivity contribution in [2.45, 2.75) is 13.0 Å². The third kappa shape index (κ3) is 1.59. The molecule has 1 aromatic carbocycles. The number of hydrogen-bond donors (Lipinski definition) is 2. The van der Waals surface area contributed by atoms with E-state index in [2.05, 4.69) is 0 Å². The Morgan fingerprint density at radius 1 is 1.40 bits per heavy atom. The quantitative estimate of drug-likeness (QED) is 0.741. The molecule has 0 radical (unpaired) electrons. The van der Waals surface area contributed by atoms with Crippen molar-refractivity contribution in [3.63, 3.8) is 0 Å². The van der Waals surface area contributed by atoms with Gasteiger partial charge in [0.15, 0.2) is 23.1 Å². The largest absolute Gasteiger partial charge is 0.505 e. The first-order valence-electron chi connectivity index (χ1n) is 4.60. The lowest BCUT2D eigenvalue weighted by molar-refractivity contribution is 0.148. The first-order valence-corrected chi connectivity index (χ1v) is 4.60. The highest BCUT2D eigenvalue weighted by atomic mass is 19.1. The van der Waals surface area contributed by atoms with E-state index in [1.165, 1.54) is 6.92 Å². The molecular weight excluding hydrogens is 203 g/mol. The molecule has 0 saturated heterocycles. The van der Waals surface area contributed by atoms with Gasteiger partial charge in [-0.2, -0.15) is 0 Å². The van der Waals surface area contributed by atoms with Crippen molar-refractivity contribution >= 4 is 0 Å². The molecule has 1 heterocycles. The maximum absolute atomic E-state index is 13.5. The third-order valence-electron chi connectivity index (χ3n) is 2.20. The summed E-state index contributed by atoms with van der Waals surface area (Å²) in [6.45, 7) is 2.05. The first-order chi connectivity index (χ1) is 7.11. The van der Waals surface area contributed by atoms with Gasteiger partial charge in [-0.25, -0.2) is 4.39 Å². The molecule has 15 heavy (non-hydrogen) atoms. The second kappa shape index (κ2) is 3.58. The predicted molar refractivity (Wildman–Crippen MR) is 49.7 cm³/mol. The number of fused-ring (bicyclic) bond motifs is 1. The Morgan fingerprint density at radius 2 is 2.07 bits per heavy atom. The number of benzene rings is 1. The molecule has 0 aliphatic carbocycles. The second-order valence-electron chi connectivity index (χ2n) is 3.32. The van der Waals surface area contributed by atoms with Crippen molar-refractivity contribution in [3.05, 3.63) is 17.4 Å². The summed E-state index contributed by atoms with van der Waals surface area (Å²) < 4.78 is 23.9. The van der Waals surface area contributed by atoms with Crippen molar-refractivity contribution in [2.24, 2.45) is 0 Å². The molecule has 0 saturated carbocycles. The molecule has 1 aromatic rings. The molecule has 0 spiro atoms. The van der Waals surface area contributed by atoms with E-state index in [0.29, 0.717) is 13.2 Å². The Kier molecular flexibility index (Phi) is 2.40.